The number of morpholine rings is 1. The van der Waals surface area contributed by atoms with Crippen LogP contribution in [0.2, 0.25) is 0 Å². The zero-order valence-corrected chi connectivity index (χ0v) is 22.7. The number of hydrogen-bond donors (Lipinski definition) is 1. The molecule has 3 fully saturated rings. The van der Waals surface area contributed by atoms with Gasteiger partial charge < -0.3 is 24.4 Å². The molecule has 33 heavy (non-hydrogen) atoms. The van der Waals surface area contributed by atoms with Gasteiger partial charge in [-0.3, -0.25) is 9.89 Å². The first-order valence-electron chi connectivity index (χ1n) is 12.3. The number of hydrogen-bond acceptors (Lipinski definition) is 5. The summed E-state index contributed by atoms with van der Waals surface area (Å²) in [7, 11) is 3.96. The number of nitrogens with one attached hydrogen (secondary N) is 1. The molecule has 3 heterocycles. The van der Waals surface area contributed by atoms with Gasteiger partial charge in [0.1, 0.15) is 11.9 Å². The summed E-state index contributed by atoms with van der Waals surface area (Å²) >= 11 is 0. The molecule has 3 saturated heterocycles. The number of methoxy groups -OCH3 is 1. The van der Waals surface area contributed by atoms with Crippen LogP contribution in [0.3, 0.4) is 0 Å². The smallest absolute Gasteiger partial charge is 0.194 e. The van der Waals surface area contributed by atoms with Crippen molar-refractivity contribution in [1.82, 2.24) is 15.1 Å². The number of likely N-dealkylation sites (tertiary alicyclic amines) is 1. The van der Waals surface area contributed by atoms with Crippen molar-refractivity contribution in [2.75, 3.05) is 60.1 Å². The van der Waals surface area contributed by atoms with Crippen molar-refractivity contribution in [3.8, 4) is 5.75 Å². The molecule has 0 radical (unpaired) electrons. The lowest BCUT2D eigenvalue weighted by atomic mass is 9.85. The number of guanidine groups is 1. The molecular weight excluding hydrogens is 531 g/mol. The fourth-order valence-corrected chi connectivity index (χ4v) is 5.40. The van der Waals surface area contributed by atoms with Gasteiger partial charge in [-0.1, -0.05) is 12.1 Å². The quantitative estimate of drug-likeness (QED) is 0.320. The van der Waals surface area contributed by atoms with E-state index in [0.29, 0.717) is 12.0 Å². The van der Waals surface area contributed by atoms with Gasteiger partial charge in [-0.25, -0.2) is 0 Å². The second-order valence-corrected chi connectivity index (χ2v) is 9.20. The maximum Gasteiger partial charge on any atom is 0.194 e. The van der Waals surface area contributed by atoms with E-state index < -0.39 is 0 Å². The van der Waals surface area contributed by atoms with Crippen LogP contribution >= 0.6 is 24.0 Å². The van der Waals surface area contributed by atoms with Gasteiger partial charge in [0.05, 0.1) is 19.8 Å². The Morgan fingerprint density at radius 1 is 1.09 bits per heavy atom. The van der Waals surface area contributed by atoms with Gasteiger partial charge in [-0.05, 0) is 69.8 Å². The highest BCUT2D eigenvalue weighted by Crippen LogP contribution is 2.36. The van der Waals surface area contributed by atoms with Crippen molar-refractivity contribution in [3.05, 3.63) is 29.8 Å². The standard InChI is InChI=1S/C25H40N4O3.HI/c1-4-26-25(29-14-16-32-23(18-29)22-8-6-15-31-22)27-17-20-7-5-13-28(2)24(20)19-9-11-21(30-3)12-10-19;/h9-12,20,22-24H,4-8,13-18H2,1-3H3,(H,26,27);1H. The zero-order valence-electron chi connectivity index (χ0n) is 20.4. The number of halogens is 1. The molecular formula is C25H41IN4O3. The van der Waals surface area contributed by atoms with Crippen LogP contribution in [-0.2, 0) is 9.47 Å². The molecule has 1 N–H and O–H groups in total. The maximum absolute atomic E-state index is 6.06. The van der Waals surface area contributed by atoms with E-state index in [4.69, 9.17) is 19.2 Å². The largest absolute Gasteiger partial charge is 0.497 e. The number of rotatable bonds is 6. The lowest BCUT2D eigenvalue weighted by Gasteiger charge is -2.40. The van der Waals surface area contributed by atoms with Crippen molar-refractivity contribution in [1.29, 1.82) is 0 Å². The van der Waals surface area contributed by atoms with Crippen LogP contribution < -0.4 is 10.1 Å². The Labute approximate surface area is 216 Å². The lowest BCUT2D eigenvalue weighted by Crippen LogP contribution is -2.53. The Bertz CT molecular complexity index is 742. The average Bonchev–Trinajstić information content (AvgIpc) is 3.37. The van der Waals surface area contributed by atoms with E-state index in [9.17, 15) is 0 Å². The highest BCUT2D eigenvalue weighted by Gasteiger charge is 2.33. The fourth-order valence-electron chi connectivity index (χ4n) is 5.40. The molecule has 0 spiro atoms. The van der Waals surface area contributed by atoms with Crippen LogP contribution in [0.15, 0.2) is 29.3 Å². The van der Waals surface area contributed by atoms with Gasteiger partial charge in [0.25, 0.3) is 0 Å². The minimum absolute atomic E-state index is 0. The fraction of sp³-hybridized carbons (Fsp3) is 0.720. The number of nitrogens with zero attached hydrogens (tertiary/aromatic N) is 3. The van der Waals surface area contributed by atoms with Crippen molar-refractivity contribution in [2.45, 2.75) is 50.9 Å². The second-order valence-electron chi connectivity index (χ2n) is 9.20. The van der Waals surface area contributed by atoms with E-state index in [1.165, 1.54) is 18.4 Å². The van der Waals surface area contributed by atoms with Crippen LogP contribution in [0.5, 0.6) is 5.75 Å². The normalized spacial score (nSPS) is 28.9. The minimum Gasteiger partial charge on any atom is -0.497 e. The van der Waals surface area contributed by atoms with E-state index >= 15 is 0 Å². The highest BCUT2D eigenvalue weighted by atomic mass is 127. The predicted octanol–water partition coefficient (Wildman–Crippen LogP) is 3.54. The molecule has 1 aromatic carbocycles. The zero-order chi connectivity index (χ0) is 22.3. The summed E-state index contributed by atoms with van der Waals surface area (Å²) in [5.74, 6) is 2.41. The van der Waals surface area contributed by atoms with Gasteiger partial charge in [0, 0.05) is 38.8 Å². The average molecular weight is 573 g/mol. The molecule has 4 atom stereocenters. The summed E-state index contributed by atoms with van der Waals surface area (Å²) in [6, 6.07) is 8.94. The Hall–Kier alpha value is -1.10. The predicted molar refractivity (Wildman–Crippen MR) is 143 cm³/mol. The van der Waals surface area contributed by atoms with Crippen LogP contribution in [-0.4, -0.2) is 88.1 Å². The van der Waals surface area contributed by atoms with Crippen molar-refractivity contribution >= 4 is 29.9 Å². The van der Waals surface area contributed by atoms with E-state index in [-0.39, 0.29) is 36.2 Å². The molecule has 186 valence electrons. The summed E-state index contributed by atoms with van der Waals surface area (Å²) in [5, 5.41) is 3.53. The SMILES string of the molecule is CCNC(=NCC1CCCN(C)C1c1ccc(OC)cc1)N1CCOC(C2CCCO2)C1.I. The third-order valence-corrected chi connectivity index (χ3v) is 7.05. The second kappa shape index (κ2) is 13.1. The molecule has 7 nitrogen and oxygen atoms in total. The molecule has 1 aromatic rings. The number of benzene rings is 1. The molecule has 8 heteroatoms. The third-order valence-electron chi connectivity index (χ3n) is 7.05. The van der Waals surface area contributed by atoms with E-state index in [1.54, 1.807) is 7.11 Å². The van der Waals surface area contributed by atoms with E-state index in [2.05, 4.69) is 53.4 Å². The summed E-state index contributed by atoms with van der Waals surface area (Å²) in [5.41, 5.74) is 1.35. The van der Waals surface area contributed by atoms with Gasteiger partial charge in [-0.2, -0.15) is 0 Å². The monoisotopic (exact) mass is 572 g/mol. The Kier molecular flexibility index (Phi) is 10.5. The molecule has 0 bridgehead atoms. The summed E-state index contributed by atoms with van der Waals surface area (Å²) < 4.78 is 17.3. The summed E-state index contributed by atoms with van der Waals surface area (Å²) in [4.78, 5) is 10.0. The highest BCUT2D eigenvalue weighted by molar-refractivity contribution is 14.0. The summed E-state index contributed by atoms with van der Waals surface area (Å²) in [6.07, 6.45) is 5.03. The molecule has 0 saturated carbocycles. The van der Waals surface area contributed by atoms with Gasteiger partial charge >= 0.3 is 0 Å². The Balaban J connectivity index is 0.00000306. The first-order valence-corrected chi connectivity index (χ1v) is 12.3. The van der Waals surface area contributed by atoms with E-state index in [0.717, 1.165) is 70.5 Å². The van der Waals surface area contributed by atoms with E-state index in [1.807, 2.05) is 0 Å². The molecule has 4 unspecified atom stereocenters. The summed E-state index contributed by atoms with van der Waals surface area (Å²) in [6.45, 7) is 8.28. The molecule has 4 rings (SSSR count). The molecule has 0 amide bonds. The van der Waals surface area contributed by atoms with Crippen molar-refractivity contribution in [2.24, 2.45) is 10.9 Å². The number of aliphatic imine (C=N–C) groups is 1. The number of piperidine rings is 1. The van der Waals surface area contributed by atoms with Gasteiger partial charge in [0.2, 0.25) is 0 Å². The molecule has 3 aliphatic heterocycles. The van der Waals surface area contributed by atoms with Crippen LogP contribution in [0.1, 0.15) is 44.2 Å². The molecule has 0 aromatic heterocycles. The first kappa shape index (κ1) is 26.5. The topological polar surface area (TPSA) is 58.6 Å². The maximum atomic E-state index is 6.06. The lowest BCUT2D eigenvalue weighted by molar-refractivity contribution is -0.0817. The third kappa shape index (κ3) is 6.74. The molecule has 3 aliphatic rings. The molecule has 0 aliphatic carbocycles. The first-order chi connectivity index (χ1) is 15.7. The van der Waals surface area contributed by atoms with Crippen molar-refractivity contribution < 1.29 is 14.2 Å². The van der Waals surface area contributed by atoms with Crippen LogP contribution in [0, 0.1) is 5.92 Å². The Morgan fingerprint density at radius 2 is 1.88 bits per heavy atom. The van der Waals surface area contributed by atoms with Gasteiger partial charge in [0.15, 0.2) is 5.96 Å². The van der Waals surface area contributed by atoms with Gasteiger partial charge in [-0.15, -0.1) is 24.0 Å². The van der Waals surface area contributed by atoms with Crippen molar-refractivity contribution in [3.63, 3.8) is 0 Å². The Morgan fingerprint density at radius 3 is 2.58 bits per heavy atom. The van der Waals surface area contributed by atoms with Crippen LogP contribution in [0.4, 0.5) is 0 Å². The van der Waals surface area contributed by atoms with Crippen LogP contribution in [0.25, 0.3) is 0 Å². The number of ether oxygens (including phenoxy) is 3. The minimum atomic E-state index is 0.